The van der Waals surface area contributed by atoms with E-state index in [1.54, 1.807) is 18.2 Å². The van der Waals surface area contributed by atoms with Gasteiger partial charge in [0.05, 0.1) is 17.8 Å². The highest BCUT2D eigenvalue weighted by Gasteiger charge is 2.31. The van der Waals surface area contributed by atoms with Gasteiger partial charge in [-0.25, -0.2) is 23.0 Å². The first-order valence-corrected chi connectivity index (χ1v) is 11.1. The Morgan fingerprint density at radius 2 is 1.94 bits per heavy atom. The molecule has 0 unspecified atom stereocenters. The van der Waals surface area contributed by atoms with E-state index in [4.69, 9.17) is 4.74 Å². The van der Waals surface area contributed by atoms with Crippen molar-refractivity contribution in [2.75, 3.05) is 6.61 Å². The molecule has 0 fully saturated rings. The quantitative estimate of drug-likeness (QED) is 0.486. The molecule has 4 rings (SSSR count). The van der Waals surface area contributed by atoms with E-state index in [1.807, 2.05) is 0 Å². The first kappa shape index (κ1) is 21.5. The molecular weight excluding hydrogens is 440 g/mol. The molecule has 0 aliphatic carbocycles. The van der Waals surface area contributed by atoms with Crippen LogP contribution >= 0.6 is 0 Å². The molecule has 0 bridgehead atoms. The fourth-order valence-corrected chi connectivity index (χ4v) is 4.65. The molecule has 1 aliphatic heterocycles. The van der Waals surface area contributed by atoms with Crippen molar-refractivity contribution in [1.29, 1.82) is 0 Å². The van der Waals surface area contributed by atoms with Crippen LogP contribution in [0.1, 0.15) is 12.5 Å². The molecule has 0 radical (unpaired) electrons. The number of carbonyl (C=O) groups is 1. The van der Waals surface area contributed by atoms with Gasteiger partial charge in [-0.3, -0.25) is 23.6 Å². The molecule has 0 amide bonds. The number of aliphatic imine (C=N–C) groups is 1. The number of sulfonamides is 1. The second kappa shape index (κ2) is 7.75. The second-order valence-electron chi connectivity index (χ2n) is 7.24. The smallest absolute Gasteiger partial charge is 0.332 e. The Balaban J connectivity index is 1.47. The van der Waals surface area contributed by atoms with Gasteiger partial charge < -0.3 is 9.30 Å². The maximum Gasteiger partial charge on any atom is 0.332 e. The fraction of sp³-hybridized carbons (Fsp3) is 0.316. The first-order chi connectivity index (χ1) is 15.1. The van der Waals surface area contributed by atoms with Gasteiger partial charge in [-0.2, -0.15) is 0 Å². The minimum atomic E-state index is -3.71. The zero-order valence-electron chi connectivity index (χ0n) is 17.5. The van der Waals surface area contributed by atoms with Crippen molar-refractivity contribution in [2.45, 2.75) is 24.4 Å². The van der Waals surface area contributed by atoms with E-state index in [2.05, 4.69) is 14.7 Å². The number of aryl methyl sites for hydroxylation is 1. The van der Waals surface area contributed by atoms with Crippen LogP contribution in [-0.2, 0) is 40.2 Å². The summed E-state index contributed by atoms with van der Waals surface area (Å²) in [5.74, 6) is -0.583. The molecular formula is C19H20N6O6S. The van der Waals surface area contributed by atoms with Crippen LogP contribution in [0, 0.1) is 0 Å². The number of nitrogens with one attached hydrogen (secondary N) is 1. The van der Waals surface area contributed by atoms with E-state index < -0.39 is 33.3 Å². The predicted molar refractivity (Wildman–Crippen MR) is 114 cm³/mol. The lowest BCUT2D eigenvalue weighted by molar-refractivity contribution is -0.144. The molecule has 3 aromatic rings. The van der Waals surface area contributed by atoms with Crippen LogP contribution in [0.3, 0.4) is 0 Å². The Kier molecular flexibility index (Phi) is 5.20. The molecule has 1 aliphatic rings. The van der Waals surface area contributed by atoms with Crippen LogP contribution in [-0.4, -0.2) is 51.6 Å². The van der Waals surface area contributed by atoms with Gasteiger partial charge in [0.2, 0.25) is 0 Å². The molecule has 168 valence electrons. The largest absolute Gasteiger partial charge is 0.462 e. The van der Waals surface area contributed by atoms with E-state index >= 15 is 0 Å². The van der Waals surface area contributed by atoms with Crippen molar-refractivity contribution in [1.82, 2.24) is 23.4 Å². The number of carbonyl (C=O) groups excluding carboxylic acids is 1. The summed E-state index contributed by atoms with van der Waals surface area (Å²) in [6.07, 6.45) is 1.40. The molecule has 0 saturated carbocycles. The van der Waals surface area contributed by atoms with E-state index in [-0.39, 0.29) is 35.0 Å². The van der Waals surface area contributed by atoms with Gasteiger partial charge >= 0.3 is 11.7 Å². The summed E-state index contributed by atoms with van der Waals surface area (Å²) in [6.45, 7) is 1.55. The van der Waals surface area contributed by atoms with E-state index in [9.17, 15) is 22.8 Å². The number of ether oxygens (including phenoxy) is 1. The Labute approximate surface area is 181 Å². The molecule has 1 aromatic carbocycles. The lowest BCUT2D eigenvalue weighted by atomic mass is 10.2. The maximum absolute atomic E-state index is 12.4. The van der Waals surface area contributed by atoms with Gasteiger partial charge in [0, 0.05) is 19.7 Å². The van der Waals surface area contributed by atoms with Gasteiger partial charge in [0.15, 0.2) is 11.2 Å². The Bertz CT molecular complexity index is 1500. The number of esters is 1. The Hall–Kier alpha value is -3.74. The van der Waals surface area contributed by atoms with Crippen LogP contribution < -0.4 is 16.0 Å². The van der Waals surface area contributed by atoms with Crippen molar-refractivity contribution in [3.8, 4) is 0 Å². The average Bonchev–Trinajstić information content (AvgIpc) is 3.29. The van der Waals surface area contributed by atoms with Crippen LogP contribution in [0.25, 0.3) is 11.2 Å². The van der Waals surface area contributed by atoms with Crippen LogP contribution in [0.4, 0.5) is 0 Å². The minimum Gasteiger partial charge on any atom is -0.462 e. The topological polar surface area (TPSA) is 147 Å². The molecule has 0 saturated heterocycles. The number of benzene rings is 1. The predicted octanol–water partition coefficient (Wildman–Crippen LogP) is -0.896. The summed E-state index contributed by atoms with van der Waals surface area (Å²) in [5.41, 5.74) is -0.152. The highest BCUT2D eigenvalue weighted by Crippen LogP contribution is 2.22. The number of imidazole rings is 1. The van der Waals surface area contributed by atoms with Gasteiger partial charge in [-0.05, 0) is 19.1 Å². The van der Waals surface area contributed by atoms with E-state index in [0.717, 1.165) is 4.57 Å². The number of hydrogen-bond donors (Lipinski definition) is 1. The number of nitrogens with zero attached hydrogens (tertiary/aromatic N) is 5. The third-order valence-electron chi connectivity index (χ3n) is 5.12. The minimum absolute atomic E-state index is 0.0756. The van der Waals surface area contributed by atoms with Crippen molar-refractivity contribution in [3.63, 3.8) is 0 Å². The zero-order chi connectivity index (χ0) is 23.2. The lowest BCUT2D eigenvalue weighted by Gasteiger charge is -2.10. The fourth-order valence-electron chi connectivity index (χ4n) is 3.41. The molecule has 3 heterocycles. The summed E-state index contributed by atoms with van der Waals surface area (Å²) >= 11 is 0. The first-order valence-electron chi connectivity index (χ1n) is 9.59. The number of amidine groups is 1. The van der Waals surface area contributed by atoms with Crippen molar-refractivity contribution in [3.05, 3.63) is 57.0 Å². The molecule has 32 heavy (non-hydrogen) atoms. The van der Waals surface area contributed by atoms with Gasteiger partial charge in [-0.15, -0.1) is 0 Å². The summed E-state index contributed by atoms with van der Waals surface area (Å²) in [4.78, 5) is 45.2. The van der Waals surface area contributed by atoms with E-state index in [1.165, 1.54) is 42.5 Å². The average molecular weight is 460 g/mol. The van der Waals surface area contributed by atoms with Crippen LogP contribution in [0.15, 0.2) is 50.1 Å². The molecule has 1 N–H and O–H groups in total. The zero-order valence-corrected chi connectivity index (χ0v) is 18.3. The summed E-state index contributed by atoms with van der Waals surface area (Å²) in [7, 11) is -0.822. The summed E-state index contributed by atoms with van der Waals surface area (Å²) in [5, 5.41) is 0. The maximum atomic E-state index is 12.4. The van der Waals surface area contributed by atoms with Gasteiger partial charge in [0.25, 0.3) is 15.6 Å². The monoisotopic (exact) mass is 460 g/mol. The highest BCUT2D eigenvalue weighted by atomic mass is 32.2. The molecule has 12 nitrogen and oxygen atoms in total. The number of fused-ring (bicyclic) bond motifs is 2. The van der Waals surface area contributed by atoms with Crippen LogP contribution in [0.5, 0.6) is 0 Å². The standard InChI is InChI=1S/C19H20N6O6S/c1-11(21-15-12-6-4-5-7-13(12)32(29,30)22-15)18(27)31-9-8-25-10-20-16-14(25)17(26)24(3)19(28)23(16)2/h4-7,10-11H,8-9H2,1-3H3,(H,21,22)/t11-/m0/s1. The Morgan fingerprint density at radius 3 is 2.69 bits per heavy atom. The van der Waals surface area contributed by atoms with Crippen molar-refractivity contribution >= 4 is 33.0 Å². The van der Waals surface area contributed by atoms with Gasteiger partial charge in [0.1, 0.15) is 18.5 Å². The number of rotatable bonds is 5. The SMILES string of the molecule is C[C@H](N=C1NS(=O)(=O)c2ccccc21)C(=O)OCCn1cnc2c1c(=O)n(C)c(=O)n2C. The number of aromatic nitrogens is 4. The highest BCUT2D eigenvalue weighted by molar-refractivity contribution is 7.90. The van der Waals surface area contributed by atoms with Crippen molar-refractivity contribution < 1.29 is 17.9 Å². The lowest BCUT2D eigenvalue weighted by Crippen LogP contribution is -2.37. The van der Waals surface area contributed by atoms with Crippen LogP contribution in [0.2, 0.25) is 0 Å². The van der Waals surface area contributed by atoms with Crippen molar-refractivity contribution in [2.24, 2.45) is 19.1 Å². The number of hydrogen-bond acceptors (Lipinski definition) is 8. The normalized spacial score (nSPS) is 16.7. The molecule has 13 heteroatoms. The summed E-state index contributed by atoms with van der Waals surface area (Å²) in [6, 6.07) is 5.37. The molecule has 1 atom stereocenters. The van der Waals surface area contributed by atoms with E-state index in [0.29, 0.717) is 5.56 Å². The second-order valence-corrected chi connectivity index (χ2v) is 8.89. The molecule has 2 aromatic heterocycles. The van der Waals surface area contributed by atoms with Gasteiger partial charge in [-0.1, -0.05) is 12.1 Å². The molecule has 0 spiro atoms. The Morgan fingerprint density at radius 1 is 1.22 bits per heavy atom. The third kappa shape index (κ3) is 3.49. The summed E-state index contributed by atoms with van der Waals surface area (Å²) < 4.78 is 35.6. The third-order valence-corrected chi connectivity index (χ3v) is 6.52.